The molecule has 0 bridgehead atoms. The summed E-state index contributed by atoms with van der Waals surface area (Å²) in [7, 11) is 0. The fourth-order valence-electron chi connectivity index (χ4n) is 3.54. The van der Waals surface area contributed by atoms with Gasteiger partial charge in [-0.3, -0.25) is 0 Å². The van der Waals surface area contributed by atoms with Crippen LogP contribution in [0.1, 0.15) is 45.6 Å². The van der Waals surface area contributed by atoms with Crippen molar-refractivity contribution in [1.82, 2.24) is 5.32 Å². The molecular formula is C18H28FN. The zero-order chi connectivity index (χ0) is 14.5. The molecule has 1 aliphatic carbocycles. The molecule has 4 atom stereocenters. The molecule has 4 unspecified atom stereocenters. The Balaban J connectivity index is 2.03. The van der Waals surface area contributed by atoms with Crippen LogP contribution in [0, 0.1) is 23.6 Å². The highest BCUT2D eigenvalue weighted by Gasteiger charge is 2.29. The maximum absolute atomic E-state index is 13.3. The Labute approximate surface area is 123 Å². The number of hydrogen-bond donors (Lipinski definition) is 1. The van der Waals surface area contributed by atoms with Gasteiger partial charge in [0.05, 0.1) is 0 Å². The molecular weight excluding hydrogens is 249 g/mol. The van der Waals surface area contributed by atoms with Crippen LogP contribution in [-0.4, -0.2) is 12.6 Å². The van der Waals surface area contributed by atoms with Crippen LogP contribution in [0.5, 0.6) is 0 Å². The highest BCUT2D eigenvalue weighted by molar-refractivity contribution is 5.17. The quantitative estimate of drug-likeness (QED) is 0.840. The van der Waals surface area contributed by atoms with Crippen LogP contribution in [0.3, 0.4) is 0 Å². The Kier molecular flexibility index (Phi) is 5.59. The Bertz CT molecular complexity index is 418. The predicted octanol–water partition coefficient (Wildman–Crippen LogP) is 4.42. The third kappa shape index (κ3) is 4.05. The van der Waals surface area contributed by atoms with Crippen molar-refractivity contribution in [3.8, 4) is 0 Å². The Morgan fingerprint density at radius 2 is 2.05 bits per heavy atom. The maximum Gasteiger partial charge on any atom is 0.123 e. The van der Waals surface area contributed by atoms with Crippen molar-refractivity contribution in [2.24, 2.45) is 17.8 Å². The Morgan fingerprint density at radius 1 is 1.25 bits per heavy atom. The van der Waals surface area contributed by atoms with Gasteiger partial charge in [-0.1, -0.05) is 39.3 Å². The summed E-state index contributed by atoms with van der Waals surface area (Å²) in [5, 5.41) is 3.63. The molecule has 1 N–H and O–H groups in total. The van der Waals surface area contributed by atoms with Crippen LogP contribution in [0.15, 0.2) is 24.3 Å². The van der Waals surface area contributed by atoms with Crippen LogP contribution in [0.4, 0.5) is 4.39 Å². The van der Waals surface area contributed by atoms with Crippen molar-refractivity contribution in [3.05, 3.63) is 35.6 Å². The molecule has 1 nitrogen and oxygen atoms in total. The van der Waals surface area contributed by atoms with E-state index in [1.807, 2.05) is 12.1 Å². The highest BCUT2D eigenvalue weighted by atomic mass is 19.1. The highest BCUT2D eigenvalue weighted by Crippen LogP contribution is 2.35. The van der Waals surface area contributed by atoms with Crippen molar-refractivity contribution < 1.29 is 4.39 Å². The first-order chi connectivity index (χ1) is 9.60. The van der Waals surface area contributed by atoms with Gasteiger partial charge in [0.25, 0.3) is 0 Å². The lowest BCUT2D eigenvalue weighted by atomic mass is 9.72. The first kappa shape index (κ1) is 15.5. The molecule has 0 saturated heterocycles. The number of rotatable bonds is 5. The van der Waals surface area contributed by atoms with E-state index < -0.39 is 0 Å². The fraction of sp³-hybridized carbons (Fsp3) is 0.667. The molecule has 1 aromatic rings. The lowest BCUT2D eigenvalue weighted by molar-refractivity contribution is 0.171. The average molecular weight is 277 g/mol. The Morgan fingerprint density at radius 3 is 2.70 bits per heavy atom. The largest absolute Gasteiger partial charge is 0.314 e. The molecule has 1 aliphatic rings. The van der Waals surface area contributed by atoms with Crippen molar-refractivity contribution in [1.29, 1.82) is 0 Å². The van der Waals surface area contributed by atoms with Gasteiger partial charge in [-0.05, 0) is 61.3 Å². The second kappa shape index (κ2) is 7.21. The number of benzene rings is 1. The fourth-order valence-corrected chi connectivity index (χ4v) is 3.54. The summed E-state index contributed by atoms with van der Waals surface area (Å²) < 4.78 is 13.3. The van der Waals surface area contributed by atoms with E-state index in [-0.39, 0.29) is 5.82 Å². The lowest BCUT2D eigenvalue weighted by Crippen LogP contribution is -2.41. The van der Waals surface area contributed by atoms with Crippen molar-refractivity contribution in [2.75, 3.05) is 6.54 Å². The summed E-state index contributed by atoms with van der Waals surface area (Å²) in [5.41, 5.74) is 1.11. The number of nitrogens with one attached hydrogen (secondary N) is 1. The van der Waals surface area contributed by atoms with E-state index in [1.165, 1.54) is 25.3 Å². The topological polar surface area (TPSA) is 12.0 Å². The smallest absolute Gasteiger partial charge is 0.123 e. The van der Waals surface area contributed by atoms with Crippen LogP contribution in [-0.2, 0) is 6.42 Å². The summed E-state index contributed by atoms with van der Waals surface area (Å²) in [6, 6.07) is 7.55. The van der Waals surface area contributed by atoms with Gasteiger partial charge in [0.1, 0.15) is 5.82 Å². The summed E-state index contributed by atoms with van der Waals surface area (Å²) in [6.07, 6.45) is 4.88. The first-order valence-electron chi connectivity index (χ1n) is 8.08. The average Bonchev–Trinajstić information content (AvgIpc) is 2.41. The van der Waals surface area contributed by atoms with Crippen molar-refractivity contribution in [2.45, 2.75) is 52.5 Å². The van der Waals surface area contributed by atoms with Gasteiger partial charge in [-0.15, -0.1) is 0 Å². The second-order valence-corrected chi connectivity index (χ2v) is 6.53. The van der Waals surface area contributed by atoms with Crippen LogP contribution < -0.4 is 5.32 Å². The van der Waals surface area contributed by atoms with Crippen LogP contribution >= 0.6 is 0 Å². The van der Waals surface area contributed by atoms with E-state index in [0.29, 0.717) is 6.04 Å². The third-order valence-electron chi connectivity index (χ3n) is 5.02. The molecule has 1 fully saturated rings. The third-order valence-corrected chi connectivity index (χ3v) is 5.02. The lowest BCUT2D eigenvalue weighted by Gasteiger charge is -2.37. The van der Waals surface area contributed by atoms with Crippen LogP contribution in [0.25, 0.3) is 0 Å². The van der Waals surface area contributed by atoms with Gasteiger partial charge in [0.2, 0.25) is 0 Å². The molecule has 2 rings (SSSR count). The normalized spacial score (nSPS) is 28.3. The summed E-state index contributed by atoms with van der Waals surface area (Å²) in [4.78, 5) is 0. The second-order valence-electron chi connectivity index (χ2n) is 6.53. The monoisotopic (exact) mass is 277 g/mol. The minimum atomic E-state index is -0.122. The van der Waals surface area contributed by atoms with E-state index in [2.05, 4.69) is 26.1 Å². The number of likely N-dealkylation sites (N-methyl/N-ethyl adjacent to an activating group) is 1. The number of hydrogen-bond acceptors (Lipinski definition) is 1. The predicted molar refractivity (Wildman–Crippen MR) is 83.2 cm³/mol. The van der Waals surface area contributed by atoms with E-state index in [9.17, 15) is 4.39 Å². The van der Waals surface area contributed by atoms with E-state index in [0.717, 1.165) is 36.3 Å². The van der Waals surface area contributed by atoms with Gasteiger partial charge >= 0.3 is 0 Å². The SMILES string of the molecule is CCNC(Cc1cccc(F)c1)C1CCC(C)C(C)C1. The molecule has 1 aromatic carbocycles. The Hall–Kier alpha value is -0.890. The standard InChI is InChI=1S/C18H28FN/c1-4-20-18(12-15-6-5-7-17(19)11-15)16-9-8-13(2)14(3)10-16/h5-7,11,13-14,16,18,20H,4,8-10,12H2,1-3H3. The molecule has 2 heteroatoms. The number of halogens is 1. The molecule has 1 saturated carbocycles. The molecule has 20 heavy (non-hydrogen) atoms. The van der Waals surface area contributed by atoms with E-state index in [4.69, 9.17) is 0 Å². The zero-order valence-electron chi connectivity index (χ0n) is 13.0. The molecule has 0 aromatic heterocycles. The van der Waals surface area contributed by atoms with E-state index >= 15 is 0 Å². The molecule has 112 valence electrons. The maximum atomic E-state index is 13.3. The van der Waals surface area contributed by atoms with Crippen molar-refractivity contribution >= 4 is 0 Å². The molecule has 0 amide bonds. The van der Waals surface area contributed by atoms with Gasteiger partial charge in [0.15, 0.2) is 0 Å². The summed E-state index contributed by atoms with van der Waals surface area (Å²) in [5.74, 6) is 2.26. The molecule has 0 heterocycles. The van der Waals surface area contributed by atoms with Gasteiger partial charge in [-0.2, -0.15) is 0 Å². The van der Waals surface area contributed by atoms with Gasteiger partial charge < -0.3 is 5.32 Å². The first-order valence-corrected chi connectivity index (χ1v) is 8.08. The zero-order valence-corrected chi connectivity index (χ0v) is 13.0. The van der Waals surface area contributed by atoms with Gasteiger partial charge in [0, 0.05) is 6.04 Å². The molecule has 0 radical (unpaired) electrons. The molecule has 0 spiro atoms. The van der Waals surface area contributed by atoms with Crippen molar-refractivity contribution in [3.63, 3.8) is 0 Å². The summed E-state index contributed by atoms with van der Waals surface area (Å²) in [6.45, 7) is 7.89. The minimum Gasteiger partial charge on any atom is -0.314 e. The minimum absolute atomic E-state index is 0.122. The van der Waals surface area contributed by atoms with Crippen LogP contribution in [0.2, 0.25) is 0 Å². The summed E-state index contributed by atoms with van der Waals surface area (Å²) >= 11 is 0. The van der Waals surface area contributed by atoms with Gasteiger partial charge in [-0.25, -0.2) is 4.39 Å². The van der Waals surface area contributed by atoms with E-state index in [1.54, 1.807) is 6.07 Å². The molecule has 0 aliphatic heterocycles.